The summed E-state index contributed by atoms with van der Waals surface area (Å²) in [5.74, 6) is 0.404. The highest BCUT2D eigenvalue weighted by atomic mass is 16.6. The molecule has 5 nitrogen and oxygen atoms in total. The number of hydrogen-bond acceptors (Lipinski definition) is 4. The molecule has 0 spiro atoms. The van der Waals surface area contributed by atoms with E-state index in [4.69, 9.17) is 9.15 Å². The summed E-state index contributed by atoms with van der Waals surface area (Å²) in [6.45, 7) is 1.95. The van der Waals surface area contributed by atoms with E-state index in [1.165, 1.54) is 7.11 Å². The number of nitrogens with zero attached hydrogens (tertiary/aromatic N) is 2. The monoisotopic (exact) mass is 260 g/mol. The Bertz CT molecular complexity index is 551. The Morgan fingerprint density at radius 2 is 2.00 bits per heavy atom. The van der Waals surface area contributed by atoms with Crippen molar-refractivity contribution in [1.29, 1.82) is 0 Å². The third-order valence-corrected chi connectivity index (χ3v) is 3.08. The van der Waals surface area contributed by atoms with Gasteiger partial charge in [-0.15, -0.1) is 0 Å². The molecule has 5 heteroatoms. The van der Waals surface area contributed by atoms with Gasteiger partial charge in [-0.25, -0.2) is 0 Å². The maximum absolute atomic E-state index is 12.2. The largest absolute Gasteiger partial charge is 0.468 e. The van der Waals surface area contributed by atoms with E-state index in [1.807, 2.05) is 19.1 Å². The van der Waals surface area contributed by atoms with Crippen molar-refractivity contribution in [3.05, 3.63) is 48.0 Å². The minimum absolute atomic E-state index is 0.0633. The minimum atomic E-state index is -0.187. The van der Waals surface area contributed by atoms with Crippen molar-refractivity contribution in [3.8, 4) is 5.95 Å². The van der Waals surface area contributed by atoms with Crippen molar-refractivity contribution >= 4 is 5.91 Å². The Morgan fingerprint density at radius 3 is 2.58 bits per heavy atom. The Labute approximate surface area is 111 Å². The summed E-state index contributed by atoms with van der Waals surface area (Å²) in [6.07, 6.45) is 3.42. The van der Waals surface area contributed by atoms with Crippen molar-refractivity contribution in [2.24, 2.45) is 0 Å². The van der Waals surface area contributed by atoms with Crippen molar-refractivity contribution in [2.45, 2.75) is 13.0 Å². The first kappa shape index (κ1) is 13.1. The van der Waals surface area contributed by atoms with E-state index in [2.05, 4.69) is 4.98 Å². The van der Waals surface area contributed by atoms with E-state index in [9.17, 15) is 4.79 Å². The van der Waals surface area contributed by atoms with Crippen LogP contribution >= 0.6 is 0 Å². The highest BCUT2D eigenvalue weighted by molar-refractivity contribution is 5.91. The zero-order valence-corrected chi connectivity index (χ0v) is 11.2. The average Bonchev–Trinajstić information content (AvgIpc) is 2.94. The highest BCUT2D eigenvalue weighted by Crippen LogP contribution is 2.22. The second-order valence-corrected chi connectivity index (χ2v) is 4.20. The van der Waals surface area contributed by atoms with Crippen LogP contribution in [0.5, 0.6) is 5.95 Å². The van der Waals surface area contributed by atoms with Crippen LogP contribution < -0.4 is 4.74 Å². The SMILES string of the molecule is COc1ccc(C(=O)N(C)C(C)c2ccncc2)o1. The minimum Gasteiger partial charge on any atom is -0.468 e. The van der Waals surface area contributed by atoms with Crippen LogP contribution in [0.15, 0.2) is 41.1 Å². The molecule has 0 aliphatic carbocycles. The van der Waals surface area contributed by atoms with Crippen molar-refractivity contribution in [2.75, 3.05) is 14.2 Å². The third kappa shape index (κ3) is 2.76. The van der Waals surface area contributed by atoms with E-state index in [-0.39, 0.29) is 17.7 Å². The van der Waals surface area contributed by atoms with E-state index >= 15 is 0 Å². The van der Waals surface area contributed by atoms with Gasteiger partial charge in [0.25, 0.3) is 11.9 Å². The lowest BCUT2D eigenvalue weighted by atomic mass is 10.1. The third-order valence-electron chi connectivity index (χ3n) is 3.08. The van der Waals surface area contributed by atoms with Crippen molar-refractivity contribution in [1.82, 2.24) is 9.88 Å². The first-order valence-electron chi connectivity index (χ1n) is 5.94. The Hall–Kier alpha value is -2.30. The molecule has 0 radical (unpaired) electrons. The van der Waals surface area contributed by atoms with Crippen LogP contribution in [0.3, 0.4) is 0 Å². The van der Waals surface area contributed by atoms with Crippen molar-refractivity contribution < 1.29 is 13.9 Å². The number of rotatable bonds is 4. The predicted octanol–water partition coefficient (Wildman–Crippen LogP) is 2.52. The van der Waals surface area contributed by atoms with Crippen LogP contribution in [0.4, 0.5) is 0 Å². The molecule has 1 amide bonds. The van der Waals surface area contributed by atoms with Crippen LogP contribution in [-0.2, 0) is 0 Å². The maximum Gasteiger partial charge on any atom is 0.289 e. The lowest BCUT2D eigenvalue weighted by molar-refractivity contribution is 0.0704. The molecule has 0 aromatic carbocycles. The van der Waals surface area contributed by atoms with E-state index in [0.717, 1.165) is 5.56 Å². The number of hydrogen-bond donors (Lipinski definition) is 0. The van der Waals surface area contributed by atoms with Gasteiger partial charge >= 0.3 is 0 Å². The fourth-order valence-electron chi connectivity index (χ4n) is 1.76. The molecule has 2 aromatic heterocycles. The number of amides is 1. The fourth-order valence-corrected chi connectivity index (χ4v) is 1.76. The second-order valence-electron chi connectivity index (χ2n) is 4.20. The van der Waals surface area contributed by atoms with Crippen LogP contribution in [-0.4, -0.2) is 29.9 Å². The number of methoxy groups -OCH3 is 1. The Kier molecular flexibility index (Phi) is 3.85. The molecule has 0 fully saturated rings. The smallest absolute Gasteiger partial charge is 0.289 e. The number of pyridine rings is 1. The quantitative estimate of drug-likeness (QED) is 0.847. The summed E-state index contributed by atoms with van der Waals surface area (Å²) in [6, 6.07) is 6.94. The number of carbonyl (C=O) groups is 1. The molecule has 0 bridgehead atoms. The summed E-state index contributed by atoms with van der Waals surface area (Å²) >= 11 is 0. The van der Waals surface area contributed by atoms with Crippen LogP contribution in [0.1, 0.15) is 29.1 Å². The molecule has 0 aliphatic rings. The molecule has 1 atom stereocenters. The lowest BCUT2D eigenvalue weighted by Crippen LogP contribution is -2.29. The predicted molar refractivity (Wildman–Crippen MR) is 70.0 cm³/mol. The molecular weight excluding hydrogens is 244 g/mol. The van der Waals surface area contributed by atoms with Gasteiger partial charge < -0.3 is 14.1 Å². The molecule has 19 heavy (non-hydrogen) atoms. The van der Waals surface area contributed by atoms with Crippen molar-refractivity contribution in [3.63, 3.8) is 0 Å². The second kappa shape index (κ2) is 5.56. The van der Waals surface area contributed by atoms with Gasteiger partial charge in [0, 0.05) is 25.5 Å². The van der Waals surface area contributed by atoms with Gasteiger partial charge in [-0.2, -0.15) is 0 Å². The van der Waals surface area contributed by atoms with Gasteiger partial charge in [0.05, 0.1) is 13.2 Å². The van der Waals surface area contributed by atoms with Crippen LogP contribution in [0, 0.1) is 0 Å². The molecule has 100 valence electrons. The average molecular weight is 260 g/mol. The topological polar surface area (TPSA) is 55.6 Å². The molecular formula is C14H16N2O3. The number of ether oxygens (including phenoxy) is 1. The zero-order valence-electron chi connectivity index (χ0n) is 11.2. The summed E-state index contributed by atoms with van der Waals surface area (Å²) in [4.78, 5) is 17.8. The van der Waals surface area contributed by atoms with E-state index in [1.54, 1.807) is 36.5 Å². The Morgan fingerprint density at radius 1 is 1.32 bits per heavy atom. The molecule has 1 unspecified atom stereocenters. The number of carbonyl (C=O) groups excluding carboxylic acids is 1. The molecule has 2 aromatic rings. The summed E-state index contributed by atoms with van der Waals surface area (Å²) in [7, 11) is 3.23. The van der Waals surface area contributed by atoms with Crippen LogP contribution in [0.25, 0.3) is 0 Å². The summed E-state index contributed by atoms with van der Waals surface area (Å²) in [5.41, 5.74) is 1.02. The first-order chi connectivity index (χ1) is 9.13. The van der Waals surface area contributed by atoms with Gasteiger partial charge in [0.15, 0.2) is 5.76 Å². The molecule has 2 rings (SSSR count). The standard InChI is InChI=1S/C14H16N2O3/c1-10(11-6-8-15-9-7-11)16(2)14(17)12-4-5-13(18-3)19-12/h4-10H,1-3H3. The van der Waals surface area contributed by atoms with E-state index < -0.39 is 0 Å². The first-order valence-corrected chi connectivity index (χ1v) is 5.94. The molecule has 0 N–H and O–H groups in total. The number of aromatic nitrogens is 1. The fraction of sp³-hybridized carbons (Fsp3) is 0.286. The van der Waals surface area contributed by atoms with E-state index in [0.29, 0.717) is 5.95 Å². The molecule has 0 saturated carbocycles. The number of furan rings is 1. The maximum atomic E-state index is 12.2. The highest BCUT2D eigenvalue weighted by Gasteiger charge is 2.21. The summed E-state index contributed by atoms with van der Waals surface area (Å²) in [5, 5.41) is 0. The van der Waals surface area contributed by atoms with Gasteiger partial charge in [-0.3, -0.25) is 9.78 Å². The molecule has 2 heterocycles. The van der Waals surface area contributed by atoms with Crippen LogP contribution in [0.2, 0.25) is 0 Å². The zero-order chi connectivity index (χ0) is 13.8. The Balaban J connectivity index is 2.15. The lowest BCUT2D eigenvalue weighted by Gasteiger charge is -2.24. The van der Waals surface area contributed by atoms with Gasteiger partial charge in [-0.1, -0.05) is 0 Å². The normalized spacial score (nSPS) is 11.9. The van der Waals surface area contributed by atoms with Gasteiger partial charge in [-0.05, 0) is 30.7 Å². The molecule has 0 aliphatic heterocycles. The summed E-state index contributed by atoms with van der Waals surface area (Å²) < 4.78 is 10.2. The molecule has 0 saturated heterocycles. The van der Waals surface area contributed by atoms with Gasteiger partial charge in [0.2, 0.25) is 0 Å². The van der Waals surface area contributed by atoms with Gasteiger partial charge in [0.1, 0.15) is 0 Å².